The van der Waals surface area contributed by atoms with Crippen LogP contribution < -0.4 is 4.74 Å². The van der Waals surface area contributed by atoms with Gasteiger partial charge in [0.1, 0.15) is 5.75 Å². The second kappa shape index (κ2) is 10.6. The number of rotatable bonds is 9. The van der Waals surface area contributed by atoms with Crippen molar-refractivity contribution in [3.05, 3.63) is 87.6 Å². The van der Waals surface area contributed by atoms with Crippen molar-refractivity contribution in [2.24, 2.45) is 0 Å². The standard InChI is InChI=1S/C26H29NO3S/c1-20-9-11-22(12-10-20)26(28)27(19-24-7-3-14-29-24)18-21-5-2-6-23(17-21)30-15-13-25-8-4-16-31-25/h2,4-6,8-12,16-17,24H,3,7,13-15,18-19H2,1H3/t24-/m1/s1. The summed E-state index contributed by atoms with van der Waals surface area (Å²) in [5.41, 5.74) is 2.92. The Morgan fingerprint density at radius 2 is 2.03 bits per heavy atom. The van der Waals surface area contributed by atoms with Crippen LogP contribution in [0.1, 0.15) is 39.2 Å². The van der Waals surface area contributed by atoms with E-state index < -0.39 is 0 Å². The molecule has 1 aromatic heterocycles. The van der Waals surface area contributed by atoms with Gasteiger partial charge in [-0.15, -0.1) is 11.3 Å². The lowest BCUT2D eigenvalue weighted by Crippen LogP contribution is -2.37. The number of benzene rings is 2. The average Bonchev–Trinajstić information content (AvgIpc) is 3.48. The lowest BCUT2D eigenvalue weighted by atomic mass is 10.1. The maximum atomic E-state index is 13.3. The number of nitrogens with zero attached hydrogens (tertiary/aromatic N) is 1. The Morgan fingerprint density at radius 1 is 1.16 bits per heavy atom. The minimum absolute atomic E-state index is 0.0412. The van der Waals surface area contributed by atoms with E-state index in [2.05, 4.69) is 23.6 Å². The first-order valence-electron chi connectivity index (χ1n) is 10.9. The zero-order valence-corrected chi connectivity index (χ0v) is 18.8. The summed E-state index contributed by atoms with van der Waals surface area (Å²) in [5.74, 6) is 0.883. The highest BCUT2D eigenvalue weighted by Gasteiger charge is 2.23. The molecule has 1 amide bonds. The maximum Gasteiger partial charge on any atom is 0.254 e. The van der Waals surface area contributed by atoms with Gasteiger partial charge in [0, 0.05) is 36.6 Å². The number of carbonyl (C=O) groups is 1. The van der Waals surface area contributed by atoms with Crippen molar-refractivity contribution in [3.63, 3.8) is 0 Å². The molecule has 5 heteroatoms. The highest BCUT2D eigenvalue weighted by molar-refractivity contribution is 7.09. The molecule has 2 heterocycles. The summed E-state index contributed by atoms with van der Waals surface area (Å²) in [6.45, 7) is 4.60. The molecule has 0 aliphatic carbocycles. The van der Waals surface area contributed by atoms with Crippen LogP contribution in [-0.2, 0) is 17.7 Å². The van der Waals surface area contributed by atoms with Crippen LogP contribution in [0.4, 0.5) is 0 Å². The van der Waals surface area contributed by atoms with Gasteiger partial charge in [-0.05, 0) is 61.0 Å². The quantitative estimate of drug-likeness (QED) is 0.445. The molecule has 1 atom stereocenters. The van der Waals surface area contributed by atoms with Crippen molar-refractivity contribution in [3.8, 4) is 5.75 Å². The summed E-state index contributed by atoms with van der Waals surface area (Å²) in [4.78, 5) is 16.5. The first-order chi connectivity index (χ1) is 15.2. The second-order valence-corrected chi connectivity index (χ2v) is 9.04. The van der Waals surface area contributed by atoms with Gasteiger partial charge >= 0.3 is 0 Å². The van der Waals surface area contributed by atoms with Crippen LogP contribution in [0.3, 0.4) is 0 Å². The molecule has 31 heavy (non-hydrogen) atoms. The van der Waals surface area contributed by atoms with Crippen molar-refractivity contribution in [2.45, 2.75) is 38.8 Å². The lowest BCUT2D eigenvalue weighted by Gasteiger charge is -2.26. The van der Waals surface area contributed by atoms with Crippen molar-refractivity contribution in [1.29, 1.82) is 0 Å². The average molecular weight is 436 g/mol. The van der Waals surface area contributed by atoms with Crippen LogP contribution in [-0.4, -0.2) is 36.7 Å². The molecule has 2 aromatic carbocycles. The van der Waals surface area contributed by atoms with E-state index >= 15 is 0 Å². The predicted molar refractivity (Wildman–Crippen MR) is 125 cm³/mol. The van der Waals surface area contributed by atoms with Crippen molar-refractivity contribution >= 4 is 17.2 Å². The fourth-order valence-electron chi connectivity index (χ4n) is 3.81. The van der Waals surface area contributed by atoms with Crippen LogP contribution in [0.2, 0.25) is 0 Å². The number of carbonyl (C=O) groups excluding carboxylic acids is 1. The fraction of sp³-hybridized carbons (Fsp3) is 0.346. The fourth-order valence-corrected chi connectivity index (χ4v) is 4.50. The summed E-state index contributed by atoms with van der Waals surface area (Å²) < 4.78 is 11.8. The smallest absolute Gasteiger partial charge is 0.254 e. The van der Waals surface area contributed by atoms with Crippen molar-refractivity contribution < 1.29 is 14.3 Å². The van der Waals surface area contributed by atoms with Gasteiger partial charge < -0.3 is 14.4 Å². The number of hydrogen-bond acceptors (Lipinski definition) is 4. The number of amides is 1. The molecule has 1 fully saturated rings. The molecule has 4 rings (SSSR count). The van der Waals surface area contributed by atoms with Crippen molar-refractivity contribution in [2.75, 3.05) is 19.8 Å². The third-order valence-electron chi connectivity index (χ3n) is 5.50. The largest absolute Gasteiger partial charge is 0.493 e. The van der Waals surface area contributed by atoms with Crippen molar-refractivity contribution in [1.82, 2.24) is 4.90 Å². The summed E-state index contributed by atoms with van der Waals surface area (Å²) in [6, 6.07) is 20.0. The van der Waals surface area contributed by atoms with Gasteiger partial charge in [-0.3, -0.25) is 4.79 Å². The summed E-state index contributed by atoms with van der Waals surface area (Å²) >= 11 is 1.75. The van der Waals surface area contributed by atoms with E-state index in [1.807, 2.05) is 54.3 Å². The molecule has 3 aromatic rings. The topological polar surface area (TPSA) is 38.8 Å². The predicted octanol–water partition coefficient (Wildman–Crippen LogP) is 5.50. The summed E-state index contributed by atoms with van der Waals surface area (Å²) in [7, 11) is 0. The zero-order chi connectivity index (χ0) is 21.5. The Labute approximate surface area is 188 Å². The third-order valence-corrected chi connectivity index (χ3v) is 6.44. The minimum Gasteiger partial charge on any atom is -0.493 e. The molecule has 0 unspecified atom stereocenters. The van der Waals surface area contributed by atoms with E-state index in [-0.39, 0.29) is 12.0 Å². The minimum atomic E-state index is 0.0412. The molecule has 1 saturated heterocycles. The van der Waals surface area contributed by atoms with E-state index in [9.17, 15) is 4.79 Å². The Morgan fingerprint density at radius 3 is 2.77 bits per heavy atom. The molecule has 0 spiro atoms. The van der Waals surface area contributed by atoms with Gasteiger partial charge in [0.05, 0.1) is 12.7 Å². The highest BCUT2D eigenvalue weighted by atomic mass is 32.1. The first-order valence-corrected chi connectivity index (χ1v) is 11.8. The zero-order valence-electron chi connectivity index (χ0n) is 18.0. The Balaban J connectivity index is 1.43. The maximum absolute atomic E-state index is 13.3. The number of thiophene rings is 1. The van der Waals surface area contributed by atoms with E-state index in [1.54, 1.807) is 11.3 Å². The Kier molecular flexibility index (Phi) is 7.39. The van der Waals surface area contributed by atoms with Crippen LogP contribution >= 0.6 is 11.3 Å². The van der Waals surface area contributed by atoms with E-state index in [1.165, 1.54) is 4.88 Å². The van der Waals surface area contributed by atoms with Gasteiger partial charge in [0.2, 0.25) is 0 Å². The van der Waals surface area contributed by atoms with Crippen LogP contribution in [0.15, 0.2) is 66.0 Å². The highest BCUT2D eigenvalue weighted by Crippen LogP contribution is 2.20. The van der Waals surface area contributed by atoms with Gasteiger partial charge in [0.25, 0.3) is 5.91 Å². The van der Waals surface area contributed by atoms with E-state index in [0.29, 0.717) is 25.3 Å². The van der Waals surface area contributed by atoms with Gasteiger partial charge in [0.15, 0.2) is 0 Å². The number of ether oxygens (including phenoxy) is 2. The molecule has 0 radical (unpaired) electrons. The SMILES string of the molecule is Cc1ccc(C(=O)N(Cc2cccc(OCCc3cccs3)c2)C[C@H]2CCCO2)cc1. The normalized spacial score (nSPS) is 15.7. The molecule has 1 aliphatic heterocycles. The molecular weight excluding hydrogens is 406 g/mol. The third kappa shape index (κ3) is 6.18. The van der Waals surface area contributed by atoms with Crippen LogP contribution in [0, 0.1) is 6.92 Å². The Bertz CT molecular complexity index is 963. The summed E-state index contributed by atoms with van der Waals surface area (Å²) in [5, 5.41) is 2.09. The molecule has 1 aliphatic rings. The van der Waals surface area contributed by atoms with Gasteiger partial charge in [-0.2, -0.15) is 0 Å². The molecular formula is C26H29NO3S. The number of aryl methyl sites for hydroxylation is 1. The lowest BCUT2D eigenvalue weighted by molar-refractivity contribution is 0.0507. The molecule has 0 bridgehead atoms. The molecule has 162 valence electrons. The monoisotopic (exact) mass is 435 g/mol. The van der Waals surface area contributed by atoms with Crippen LogP contribution in [0.25, 0.3) is 0 Å². The molecule has 0 N–H and O–H groups in total. The van der Waals surface area contributed by atoms with E-state index in [4.69, 9.17) is 9.47 Å². The summed E-state index contributed by atoms with van der Waals surface area (Å²) in [6.07, 6.45) is 3.08. The van der Waals surface area contributed by atoms with Gasteiger partial charge in [-0.25, -0.2) is 0 Å². The molecule has 4 nitrogen and oxygen atoms in total. The number of hydrogen-bond donors (Lipinski definition) is 0. The van der Waals surface area contributed by atoms with E-state index in [0.717, 1.165) is 42.7 Å². The Hall–Kier alpha value is -2.63. The molecule has 0 saturated carbocycles. The van der Waals surface area contributed by atoms with Gasteiger partial charge in [-0.1, -0.05) is 35.9 Å². The second-order valence-electron chi connectivity index (χ2n) is 8.01. The van der Waals surface area contributed by atoms with Crippen LogP contribution in [0.5, 0.6) is 5.75 Å². The first kappa shape index (κ1) is 21.6.